The molecule has 0 aliphatic carbocycles. The van der Waals surface area contributed by atoms with Crippen molar-refractivity contribution in [2.75, 3.05) is 61.5 Å². The molecule has 14 heteroatoms. The summed E-state index contributed by atoms with van der Waals surface area (Å²) >= 11 is 0. The summed E-state index contributed by atoms with van der Waals surface area (Å²) < 4.78 is 59.8. The van der Waals surface area contributed by atoms with E-state index in [0.717, 1.165) is 37.3 Å². The smallest absolute Gasteiger partial charge is 0.419 e. The molecule has 2 unspecified atom stereocenters. The average molecular weight is 616 g/mol. The topological polar surface area (TPSA) is 95.1 Å². The first-order chi connectivity index (χ1) is 21.0. The molecule has 2 aromatic carbocycles. The molecule has 0 bridgehead atoms. The number of hydroxylamine groups is 1. The maximum atomic E-state index is 13.9. The molecule has 2 saturated heterocycles. The zero-order chi connectivity index (χ0) is 31.6. The van der Waals surface area contributed by atoms with Crippen molar-refractivity contribution in [2.24, 2.45) is 0 Å². The van der Waals surface area contributed by atoms with Crippen LogP contribution in [-0.4, -0.2) is 67.7 Å². The van der Waals surface area contributed by atoms with E-state index in [9.17, 15) is 22.4 Å². The van der Waals surface area contributed by atoms with Crippen LogP contribution in [0.3, 0.4) is 0 Å². The minimum absolute atomic E-state index is 0.225. The van der Waals surface area contributed by atoms with Crippen LogP contribution in [0.1, 0.15) is 30.0 Å². The third-order valence-corrected chi connectivity index (χ3v) is 7.72. The van der Waals surface area contributed by atoms with E-state index >= 15 is 0 Å². The number of anilines is 5. The first-order valence-electron chi connectivity index (χ1n) is 13.9. The number of carbonyl (C=O) groups excluding carboxylic acids is 1. The summed E-state index contributed by atoms with van der Waals surface area (Å²) in [6.45, 7) is 5.35. The molecule has 2 atom stereocenters. The number of carbonyl (C=O) groups is 1. The number of likely N-dealkylation sites (N-methyl/N-ethyl adjacent to an activating group) is 1. The van der Waals surface area contributed by atoms with Gasteiger partial charge in [-0.15, -0.1) is 0 Å². The Morgan fingerprint density at radius 2 is 1.95 bits per heavy atom. The van der Waals surface area contributed by atoms with E-state index < -0.39 is 23.6 Å². The maximum absolute atomic E-state index is 13.9. The third-order valence-electron chi connectivity index (χ3n) is 7.72. The fourth-order valence-electron chi connectivity index (χ4n) is 5.40. The van der Waals surface area contributed by atoms with Crippen molar-refractivity contribution in [1.82, 2.24) is 14.9 Å². The van der Waals surface area contributed by atoms with Gasteiger partial charge < -0.3 is 25.2 Å². The van der Waals surface area contributed by atoms with Crippen LogP contribution in [0, 0.1) is 5.82 Å². The minimum Gasteiger partial charge on any atom is -0.494 e. The second-order valence-electron chi connectivity index (χ2n) is 10.7. The quantitative estimate of drug-likeness (QED) is 0.238. The number of aromatic nitrogens is 2. The van der Waals surface area contributed by atoms with Gasteiger partial charge in [0, 0.05) is 37.7 Å². The number of halogens is 4. The van der Waals surface area contributed by atoms with E-state index in [0.29, 0.717) is 35.4 Å². The molecule has 5 rings (SSSR count). The Morgan fingerprint density at radius 3 is 2.64 bits per heavy atom. The van der Waals surface area contributed by atoms with Crippen molar-refractivity contribution in [2.45, 2.75) is 31.1 Å². The second kappa shape index (κ2) is 12.7. The van der Waals surface area contributed by atoms with E-state index in [1.807, 2.05) is 20.2 Å². The fraction of sp³-hybridized carbons (Fsp3) is 0.367. The molecule has 0 radical (unpaired) electrons. The minimum atomic E-state index is -4.84. The summed E-state index contributed by atoms with van der Waals surface area (Å²) in [7, 11) is 5.60. The van der Waals surface area contributed by atoms with Gasteiger partial charge in [-0.3, -0.25) is 9.63 Å². The van der Waals surface area contributed by atoms with E-state index in [4.69, 9.17) is 9.57 Å². The van der Waals surface area contributed by atoms with Gasteiger partial charge in [0.1, 0.15) is 23.7 Å². The predicted octanol–water partition coefficient (Wildman–Crippen LogP) is 5.53. The first-order valence-corrected chi connectivity index (χ1v) is 13.9. The highest BCUT2D eigenvalue weighted by atomic mass is 19.4. The Balaban J connectivity index is 1.44. The zero-order valence-electron chi connectivity index (χ0n) is 24.5. The lowest BCUT2D eigenvalue weighted by Crippen LogP contribution is -2.31. The molecule has 44 heavy (non-hydrogen) atoms. The van der Waals surface area contributed by atoms with Crippen LogP contribution in [0.4, 0.5) is 46.3 Å². The van der Waals surface area contributed by atoms with Crippen LogP contribution in [0.15, 0.2) is 55.4 Å². The number of methoxy groups -OCH3 is 1. The number of hydrogen-bond donors (Lipinski definition) is 2. The van der Waals surface area contributed by atoms with Crippen LogP contribution in [-0.2, 0) is 15.8 Å². The normalized spacial score (nSPS) is 18.5. The molecule has 0 saturated carbocycles. The van der Waals surface area contributed by atoms with E-state index in [2.05, 4.69) is 37.0 Å². The van der Waals surface area contributed by atoms with Gasteiger partial charge >= 0.3 is 6.18 Å². The lowest BCUT2D eigenvalue weighted by atomic mass is 10.0. The molecule has 3 aromatic rings. The highest BCUT2D eigenvalue weighted by molar-refractivity contribution is 6.02. The third kappa shape index (κ3) is 6.55. The van der Waals surface area contributed by atoms with Gasteiger partial charge in [0.05, 0.1) is 42.4 Å². The number of ether oxygens (including phenoxy) is 1. The number of alkyl halides is 3. The van der Waals surface area contributed by atoms with Crippen LogP contribution in [0.25, 0.3) is 0 Å². The highest BCUT2D eigenvalue weighted by Crippen LogP contribution is 2.41. The Bertz CT molecular complexity index is 1530. The van der Waals surface area contributed by atoms with Crippen LogP contribution < -0.4 is 25.3 Å². The van der Waals surface area contributed by atoms with Crippen LogP contribution in [0.2, 0.25) is 0 Å². The summed E-state index contributed by atoms with van der Waals surface area (Å²) in [5, 5.41) is 7.47. The van der Waals surface area contributed by atoms with Gasteiger partial charge in [0.25, 0.3) is 0 Å². The molecular formula is C30H33F4N7O3. The lowest BCUT2D eigenvalue weighted by molar-refractivity contribution is -0.140. The van der Waals surface area contributed by atoms with Crippen molar-refractivity contribution in [1.29, 1.82) is 0 Å². The fourth-order valence-corrected chi connectivity index (χ4v) is 5.40. The molecule has 2 fully saturated rings. The van der Waals surface area contributed by atoms with E-state index in [1.54, 1.807) is 12.1 Å². The first kappa shape index (κ1) is 31.0. The largest absolute Gasteiger partial charge is 0.494 e. The Labute approximate surface area is 252 Å². The molecule has 1 amide bonds. The van der Waals surface area contributed by atoms with Gasteiger partial charge in [-0.2, -0.15) is 13.2 Å². The van der Waals surface area contributed by atoms with Gasteiger partial charge in [-0.05, 0) is 50.4 Å². The number of amides is 1. The zero-order valence-corrected chi connectivity index (χ0v) is 24.5. The standard InChI is InChI=1S/C30H33F4N7O3/c1-5-29(42)38-22-13-23(26(43-4)14-25(22)40-10-8-19(16-40)39(2)3)37-27-15-28(36-17-35-27)41-24(9-11-44-41)18-6-7-21(31)20(12-18)30(32,33)34/h5-7,12-15,17,19,24H,1,8-11,16H2,2-4H3,(H,38,42)(H,35,36,37). The average Bonchev–Trinajstić information content (AvgIpc) is 3.68. The molecule has 2 N–H and O–H groups in total. The molecule has 1 aromatic heterocycles. The number of hydrogen-bond acceptors (Lipinski definition) is 9. The predicted molar refractivity (Wildman–Crippen MR) is 159 cm³/mol. The van der Waals surface area contributed by atoms with Crippen LogP contribution in [0.5, 0.6) is 5.75 Å². The van der Waals surface area contributed by atoms with Crippen LogP contribution >= 0.6 is 0 Å². The molecule has 0 spiro atoms. The van der Waals surface area contributed by atoms with Crippen molar-refractivity contribution in [3.05, 3.63) is 72.3 Å². The van der Waals surface area contributed by atoms with Gasteiger partial charge in [0.2, 0.25) is 5.91 Å². The van der Waals surface area contributed by atoms with Crippen molar-refractivity contribution in [3.8, 4) is 5.75 Å². The highest BCUT2D eigenvalue weighted by Gasteiger charge is 2.37. The summed E-state index contributed by atoms with van der Waals surface area (Å²) in [6, 6.07) is 7.79. The Morgan fingerprint density at radius 1 is 1.16 bits per heavy atom. The molecular weight excluding hydrogens is 582 g/mol. The number of rotatable bonds is 9. The summed E-state index contributed by atoms with van der Waals surface area (Å²) in [6.07, 6.45) is -1.03. The summed E-state index contributed by atoms with van der Waals surface area (Å²) in [5.74, 6) is -0.607. The SMILES string of the molecule is C=CC(=O)Nc1cc(Nc2cc(N3OCCC3c3ccc(F)c(C(F)(F)F)c3)ncn2)c(OC)cc1N1CCC(N(C)C)C1. The van der Waals surface area contributed by atoms with Gasteiger partial charge in [-0.1, -0.05) is 12.6 Å². The Hall–Kier alpha value is -4.43. The van der Waals surface area contributed by atoms with Crippen molar-refractivity contribution >= 4 is 34.6 Å². The summed E-state index contributed by atoms with van der Waals surface area (Å²) in [5.41, 5.74) is 0.735. The summed E-state index contributed by atoms with van der Waals surface area (Å²) in [4.78, 5) is 31.0. The van der Waals surface area contributed by atoms with Crippen molar-refractivity contribution < 1.29 is 31.9 Å². The van der Waals surface area contributed by atoms with Gasteiger partial charge in [-0.25, -0.2) is 19.4 Å². The molecule has 2 aliphatic rings. The monoisotopic (exact) mass is 615 g/mol. The van der Waals surface area contributed by atoms with Gasteiger partial charge in [0.15, 0.2) is 5.82 Å². The molecule has 3 heterocycles. The molecule has 10 nitrogen and oxygen atoms in total. The molecule has 2 aliphatic heterocycles. The number of benzene rings is 2. The lowest BCUT2D eigenvalue weighted by Gasteiger charge is -2.26. The second-order valence-corrected chi connectivity index (χ2v) is 10.7. The van der Waals surface area contributed by atoms with E-state index in [-0.39, 0.29) is 23.9 Å². The maximum Gasteiger partial charge on any atom is 0.419 e. The number of nitrogens with zero attached hydrogens (tertiary/aromatic N) is 5. The number of nitrogens with one attached hydrogen (secondary N) is 2. The van der Waals surface area contributed by atoms with E-state index in [1.165, 1.54) is 30.6 Å². The molecule has 234 valence electrons. The Kier molecular flexibility index (Phi) is 8.92. The van der Waals surface area contributed by atoms with Crippen molar-refractivity contribution in [3.63, 3.8) is 0 Å².